The van der Waals surface area contributed by atoms with E-state index in [4.69, 9.17) is 0 Å². The molecule has 1 fully saturated rings. The molecule has 6 nitrogen and oxygen atoms in total. The lowest BCUT2D eigenvalue weighted by Gasteiger charge is -2.16. The summed E-state index contributed by atoms with van der Waals surface area (Å²) in [5.74, 6) is 1.20. The summed E-state index contributed by atoms with van der Waals surface area (Å²) >= 11 is 0. The van der Waals surface area contributed by atoms with Crippen molar-refractivity contribution in [3.05, 3.63) is 36.0 Å². The van der Waals surface area contributed by atoms with Crippen LogP contribution in [0.5, 0.6) is 0 Å². The van der Waals surface area contributed by atoms with Crippen LogP contribution in [0.4, 0.5) is 17.5 Å². The summed E-state index contributed by atoms with van der Waals surface area (Å²) in [7, 11) is 0. The summed E-state index contributed by atoms with van der Waals surface area (Å²) in [5, 5.41) is 14.7. The van der Waals surface area contributed by atoms with Crippen LogP contribution in [-0.4, -0.2) is 27.0 Å². The third-order valence-corrected chi connectivity index (χ3v) is 4.29. The molecule has 1 aromatic carbocycles. The molecule has 0 atom stereocenters. The second-order valence-corrected chi connectivity index (χ2v) is 6.26. The predicted molar refractivity (Wildman–Crippen MR) is 94.7 cm³/mol. The first-order valence-electron chi connectivity index (χ1n) is 8.55. The highest BCUT2D eigenvalue weighted by Gasteiger charge is 2.13. The summed E-state index contributed by atoms with van der Waals surface area (Å²) < 4.78 is 0. The SMILES string of the molecule is CC(=O)c1cccc(Nc2cnnc(NC3CCCCCC3)n2)c1. The van der Waals surface area contributed by atoms with Gasteiger partial charge in [-0.05, 0) is 31.9 Å². The summed E-state index contributed by atoms with van der Waals surface area (Å²) in [6, 6.07) is 7.77. The van der Waals surface area contributed by atoms with Crippen LogP contribution in [0, 0.1) is 0 Å². The van der Waals surface area contributed by atoms with Gasteiger partial charge in [-0.15, -0.1) is 5.10 Å². The van der Waals surface area contributed by atoms with Gasteiger partial charge in [-0.25, -0.2) is 0 Å². The number of rotatable bonds is 5. The van der Waals surface area contributed by atoms with E-state index in [1.54, 1.807) is 19.2 Å². The fraction of sp³-hybridized carbons (Fsp3) is 0.444. The standard InChI is InChI=1S/C18H23N5O/c1-13(24)14-7-6-10-16(11-14)20-17-12-19-23-18(22-17)21-15-8-4-2-3-5-9-15/h6-7,10-12,15H,2-5,8-9H2,1H3,(H2,20,21,22,23). The second-order valence-electron chi connectivity index (χ2n) is 6.26. The van der Waals surface area contributed by atoms with E-state index in [1.165, 1.54) is 25.7 Å². The number of nitrogens with one attached hydrogen (secondary N) is 2. The minimum atomic E-state index is 0.0372. The van der Waals surface area contributed by atoms with Crippen LogP contribution in [0.2, 0.25) is 0 Å². The molecule has 0 amide bonds. The van der Waals surface area contributed by atoms with Crippen LogP contribution in [0.15, 0.2) is 30.5 Å². The third kappa shape index (κ3) is 4.50. The van der Waals surface area contributed by atoms with Gasteiger partial charge in [-0.2, -0.15) is 10.1 Å². The van der Waals surface area contributed by atoms with E-state index in [9.17, 15) is 4.79 Å². The molecule has 6 heteroatoms. The van der Waals surface area contributed by atoms with Gasteiger partial charge in [0.05, 0.1) is 6.20 Å². The first-order valence-corrected chi connectivity index (χ1v) is 8.55. The molecule has 1 saturated carbocycles. The molecule has 0 spiro atoms. The van der Waals surface area contributed by atoms with Crippen LogP contribution in [0.25, 0.3) is 0 Å². The van der Waals surface area contributed by atoms with E-state index in [-0.39, 0.29) is 5.78 Å². The number of Topliss-reactive ketones (excluding diaryl/α,β-unsaturated/α-hetero) is 1. The number of carbonyl (C=O) groups is 1. The van der Waals surface area contributed by atoms with Crippen molar-refractivity contribution in [3.63, 3.8) is 0 Å². The van der Waals surface area contributed by atoms with Crippen LogP contribution >= 0.6 is 0 Å². The van der Waals surface area contributed by atoms with E-state index in [1.807, 2.05) is 18.2 Å². The molecular formula is C18H23N5O. The van der Waals surface area contributed by atoms with Crippen LogP contribution < -0.4 is 10.6 Å². The molecule has 2 aromatic rings. The maximum absolute atomic E-state index is 11.5. The molecule has 0 bridgehead atoms. The van der Waals surface area contributed by atoms with Gasteiger partial charge in [0.2, 0.25) is 5.95 Å². The Bertz CT molecular complexity index is 695. The second kappa shape index (κ2) is 7.86. The van der Waals surface area contributed by atoms with E-state index < -0.39 is 0 Å². The molecule has 0 saturated heterocycles. The van der Waals surface area contributed by atoms with Gasteiger partial charge in [0.15, 0.2) is 11.6 Å². The van der Waals surface area contributed by atoms with E-state index in [0.29, 0.717) is 23.4 Å². The van der Waals surface area contributed by atoms with E-state index in [0.717, 1.165) is 18.5 Å². The quantitative estimate of drug-likeness (QED) is 0.640. The number of anilines is 3. The fourth-order valence-corrected chi connectivity index (χ4v) is 3.00. The maximum Gasteiger partial charge on any atom is 0.244 e. The molecule has 1 aromatic heterocycles. The van der Waals surface area contributed by atoms with Gasteiger partial charge in [-0.3, -0.25) is 4.79 Å². The van der Waals surface area contributed by atoms with Crippen molar-refractivity contribution >= 4 is 23.2 Å². The van der Waals surface area contributed by atoms with Crippen molar-refractivity contribution in [1.29, 1.82) is 0 Å². The Kier molecular flexibility index (Phi) is 5.36. The Hall–Kier alpha value is -2.50. The summed E-state index contributed by atoms with van der Waals surface area (Å²) in [6.07, 6.45) is 9.01. The van der Waals surface area contributed by atoms with Gasteiger partial charge in [0.25, 0.3) is 0 Å². The summed E-state index contributed by atoms with van der Waals surface area (Å²) in [5.41, 5.74) is 1.47. The maximum atomic E-state index is 11.5. The number of hydrogen-bond acceptors (Lipinski definition) is 6. The average Bonchev–Trinajstić information content (AvgIpc) is 2.84. The number of aromatic nitrogens is 3. The minimum absolute atomic E-state index is 0.0372. The van der Waals surface area contributed by atoms with Crippen molar-refractivity contribution in [2.45, 2.75) is 51.5 Å². The van der Waals surface area contributed by atoms with Crippen LogP contribution in [0.1, 0.15) is 55.8 Å². The molecule has 1 aliphatic rings. The Labute approximate surface area is 142 Å². The number of hydrogen-bond donors (Lipinski definition) is 2. The van der Waals surface area contributed by atoms with Crippen molar-refractivity contribution in [2.24, 2.45) is 0 Å². The highest BCUT2D eigenvalue weighted by atomic mass is 16.1. The monoisotopic (exact) mass is 325 g/mol. The molecule has 2 N–H and O–H groups in total. The topological polar surface area (TPSA) is 79.8 Å². The number of benzene rings is 1. The Balaban J connectivity index is 1.68. The average molecular weight is 325 g/mol. The minimum Gasteiger partial charge on any atom is -0.350 e. The summed E-state index contributed by atoms with van der Waals surface area (Å²) in [6.45, 7) is 1.56. The lowest BCUT2D eigenvalue weighted by atomic mass is 10.1. The molecule has 126 valence electrons. The lowest BCUT2D eigenvalue weighted by molar-refractivity contribution is 0.101. The Morgan fingerprint density at radius 3 is 2.71 bits per heavy atom. The molecule has 24 heavy (non-hydrogen) atoms. The first-order chi connectivity index (χ1) is 11.7. The smallest absolute Gasteiger partial charge is 0.244 e. The Morgan fingerprint density at radius 1 is 1.17 bits per heavy atom. The van der Waals surface area contributed by atoms with Crippen molar-refractivity contribution in [2.75, 3.05) is 10.6 Å². The van der Waals surface area contributed by atoms with Crippen molar-refractivity contribution < 1.29 is 4.79 Å². The van der Waals surface area contributed by atoms with Gasteiger partial charge >= 0.3 is 0 Å². The van der Waals surface area contributed by atoms with Gasteiger partial charge in [0.1, 0.15) is 0 Å². The Morgan fingerprint density at radius 2 is 1.96 bits per heavy atom. The molecular weight excluding hydrogens is 302 g/mol. The predicted octanol–water partition coefficient (Wildman–Crippen LogP) is 3.95. The number of carbonyl (C=O) groups excluding carboxylic acids is 1. The largest absolute Gasteiger partial charge is 0.350 e. The normalized spacial score (nSPS) is 15.5. The zero-order valence-corrected chi connectivity index (χ0v) is 14.0. The van der Waals surface area contributed by atoms with Crippen LogP contribution in [-0.2, 0) is 0 Å². The van der Waals surface area contributed by atoms with E-state index >= 15 is 0 Å². The van der Waals surface area contributed by atoms with Crippen molar-refractivity contribution in [3.8, 4) is 0 Å². The highest BCUT2D eigenvalue weighted by molar-refractivity contribution is 5.95. The highest BCUT2D eigenvalue weighted by Crippen LogP contribution is 2.21. The van der Waals surface area contributed by atoms with Crippen LogP contribution in [0.3, 0.4) is 0 Å². The third-order valence-electron chi connectivity index (χ3n) is 4.29. The molecule has 3 rings (SSSR count). The lowest BCUT2D eigenvalue weighted by Crippen LogP contribution is -2.20. The zero-order chi connectivity index (χ0) is 16.8. The van der Waals surface area contributed by atoms with Gasteiger partial charge < -0.3 is 10.6 Å². The molecule has 0 unspecified atom stereocenters. The molecule has 1 aliphatic carbocycles. The van der Waals surface area contributed by atoms with Gasteiger partial charge in [0, 0.05) is 17.3 Å². The molecule has 1 heterocycles. The van der Waals surface area contributed by atoms with Gasteiger partial charge in [-0.1, -0.05) is 37.8 Å². The number of ketones is 1. The first kappa shape index (κ1) is 16.4. The van der Waals surface area contributed by atoms with Crippen molar-refractivity contribution in [1.82, 2.24) is 15.2 Å². The molecule has 0 radical (unpaired) electrons. The fourth-order valence-electron chi connectivity index (χ4n) is 3.00. The summed E-state index contributed by atoms with van der Waals surface area (Å²) in [4.78, 5) is 16.0. The number of nitrogens with zero attached hydrogens (tertiary/aromatic N) is 3. The molecule has 0 aliphatic heterocycles. The van der Waals surface area contributed by atoms with E-state index in [2.05, 4.69) is 25.8 Å². The zero-order valence-electron chi connectivity index (χ0n) is 14.0.